The molecule has 0 bridgehead atoms. The van der Waals surface area contributed by atoms with Crippen molar-refractivity contribution < 1.29 is 10.2 Å². The molecule has 0 aliphatic carbocycles. The molecule has 0 saturated carbocycles. The van der Waals surface area contributed by atoms with Crippen LogP contribution in [0.25, 0.3) is 0 Å². The topological polar surface area (TPSA) is 65.2 Å². The van der Waals surface area contributed by atoms with Gasteiger partial charge in [-0.05, 0) is 50.2 Å². The smallest absolute Gasteiger partial charge is 0.120 e. The average molecular weight is 324 g/mol. The molecular formula is C20H24N2O2. The van der Waals surface area contributed by atoms with E-state index in [1.165, 1.54) is 0 Å². The number of hydrogen-bond donors (Lipinski definition) is 2. The lowest BCUT2D eigenvalue weighted by Gasteiger charge is -2.00. The molecule has 0 aliphatic heterocycles. The van der Waals surface area contributed by atoms with Crippen molar-refractivity contribution in [2.24, 2.45) is 9.98 Å². The maximum Gasteiger partial charge on any atom is 0.120 e. The van der Waals surface area contributed by atoms with Crippen LogP contribution >= 0.6 is 0 Å². The first-order valence-corrected chi connectivity index (χ1v) is 8.27. The van der Waals surface area contributed by atoms with Gasteiger partial charge in [0.2, 0.25) is 0 Å². The first kappa shape index (κ1) is 17.7. The Kier molecular flexibility index (Phi) is 7.54. The molecule has 0 fully saturated rings. The zero-order valence-corrected chi connectivity index (χ0v) is 13.8. The molecule has 2 rings (SSSR count). The second kappa shape index (κ2) is 10.2. The largest absolute Gasteiger partial charge is 0.508 e. The van der Waals surface area contributed by atoms with Gasteiger partial charge in [0, 0.05) is 11.1 Å². The minimum Gasteiger partial charge on any atom is -0.508 e. The van der Waals surface area contributed by atoms with Crippen LogP contribution < -0.4 is 0 Å². The summed E-state index contributed by atoms with van der Waals surface area (Å²) < 4.78 is 0. The molecule has 0 aromatic heterocycles. The summed E-state index contributed by atoms with van der Waals surface area (Å²) in [6.07, 6.45) is 7.83. The van der Waals surface area contributed by atoms with E-state index in [1.54, 1.807) is 12.1 Å². The van der Waals surface area contributed by atoms with E-state index in [2.05, 4.69) is 9.98 Å². The maximum atomic E-state index is 9.63. The average Bonchev–Trinajstić information content (AvgIpc) is 2.59. The van der Waals surface area contributed by atoms with Crippen LogP contribution in [0.15, 0.2) is 58.5 Å². The van der Waals surface area contributed by atoms with Crippen molar-refractivity contribution >= 4 is 12.4 Å². The summed E-state index contributed by atoms with van der Waals surface area (Å²) in [6, 6.07) is 14.5. The minimum absolute atomic E-state index is 0.301. The number of para-hydroxylation sites is 2. The summed E-state index contributed by atoms with van der Waals surface area (Å²) in [4.78, 5) is 8.68. The van der Waals surface area contributed by atoms with Crippen molar-refractivity contribution in [3.63, 3.8) is 0 Å². The predicted molar refractivity (Wildman–Crippen MR) is 99.1 cm³/mol. The number of aliphatic imine (C=N–C) groups is 2. The van der Waals surface area contributed by atoms with Gasteiger partial charge in [-0.15, -0.1) is 0 Å². The van der Waals surface area contributed by atoms with Gasteiger partial charge in [0.1, 0.15) is 11.5 Å². The molecule has 0 radical (unpaired) electrons. The number of hydrogen-bond acceptors (Lipinski definition) is 4. The second-order valence-electron chi connectivity index (χ2n) is 5.59. The molecule has 2 aromatic rings. The molecule has 24 heavy (non-hydrogen) atoms. The first-order valence-electron chi connectivity index (χ1n) is 8.27. The number of phenols is 2. The molecule has 2 aromatic carbocycles. The van der Waals surface area contributed by atoms with Crippen LogP contribution in [0, 0.1) is 0 Å². The van der Waals surface area contributed by atoms with Crippen molar-refractivity contribution in [1.82, 2.24) is 0 Å². The zero-order valence-electron chi connectivity index (χ0n) is 13.8. The van der Waals surface area contributed by atoms with Gasteiger partial charge in [-0.1, -0.05) is 36.4 Å². The van der Waals surface area contributed by atoms with Crippen LogP contribution in [0.5, 0.6) is 11.5 Å². The highest BCUT2D eigenvalue weighted by molar-refractivity contribution is 5.58. The minimum atomic E-state index is 0.301. The fourth-order valence-corrected chi connectivity index (χ4v) is 2.27. The number of phenolic OH excluding ortho intramolecular Hbond substituents is 2. The van der Waals surface area contributed by atoms with Crippen LogP contribution in [0.4, 0.5) is 0 Å². The summed E-state index contributed by atoms with van der Waals surface area (Å²) in [5.74, 6) is 0.602. The van der Waals surface area contributed by atoms with Crippen LogP contribution in [-0.4, -0.2) is 22.6 Å². The Bertz CT molecular complexity index is 621. The standard InChI is InChI=1S/C20H24N2O2/c23-19-11-5-3-9-17(19)15-21-13-7-1-2-8-14-22-16-18-10-4-6-12-20(18)24/h3-6,9-14,23-24H,1-2,7-8,15-16H2. The van der Waals surface area contributed by atoms with Crippen molar-refractivity contribution in [3.05, 3.63) is 59.7 Å². The lowest BCUT2D eigenvalue weighted by atomic mass is 10.2. The molecule has 4 nitrogen and oxygen atoms in total. The number of nitrogens with zero attached hydrogens (tertiary/aromatic N) is 2. The summed E-state index contributed by atoms with van der Waals surface area (Å²) in [5.41, 5.74) is 1.70. The van der Waals surface area contributed by atoms with E-state index in [4.69, 9.17) is 0 Å². The van der Waals surface area contributed by atoms with Gasteiger partial charge < -0.3 is 10.2 Å². The van der Waals surface area contributed by atoms with E-state index in [0.29, 0.717) is 24.6 Å². The Morgan fingerprint density at radius 3 is 1.50 bits per heavy atom. The van der Waals surface area contributed by atoms with Crippen LogP contribution in [0.2, 0.25) is 0 Å². The summed E-state index contributed by atoms with van der Waals surface area (Å²) in [5, 5.41) is 19.3. The Labute approximate surface area is 143 Å². The third-order valence-electron chi connectivity index (χ3n) is 3.68. The van der Waals surface area contributed by atoms with Gasteiger partial charge in [0.15, 0.2) is 0 Å². The van der Waals surface area contributed by atoms with Gasteiger partial charge in [0.25, 0.3) is 0 Å². The van der Waals surface area contributed by atoms with Crippen molar-refractivity contribution in [2.75, 3.05) is 0 Å². The van der Waals surface area contributed by atoms with E-state index in [1.807, 2.05) is 48.8 Å². The molecule has 0 unspecified atom stereocenters. The normalized spacial score (nSPS) is 11.5. The van der Waals surface area contributed by atoms with Gasteiger partial charge in [-0.25, -0.2) is 0 Å². The second-order valence-corrected chi connectivity index (χ2v) is 5.59. The van der Waals surface area contributed by atoms with Crippen molar-refractivity contribution in [1.29, 1.82) is 0 Å². The third kappa shape index (κ3) is 6.24. The monoisotopic (exact) mass is 324 g/mol. The van der Waals surface area contributed by atoms with E-state index in [-0.39, 0.29) is 0 Å². The Morgan fingerprint density at radius 1 is 0.667 bits per heavy atom. The molecule has 0 amide bonds. The molecule has 0 saturated heterocycles. The fourth-order valence-electron chi connectivity index (χ4n) is 2.27. The maximum absolute atomic E-state index is 9.63. The Morgan fingerprint density at radius 2 is 1.08 bits per heavy atom. The van der Waals surface area contributed by atoms with Gasteiger partial charge in [-0.3, -0.25) is 9.98 Å². The Balaban J connectivity index is 1.55. The van der Waals surface area contributed by atoms with Gasteiger partial charge in [0.05, 0.1) is 13.1 Å². The van der Waals surface area contributed by atoms with Crippen molar-refractivity contribution in [2.45, 2.75) is 38.8 Å². The van der Waals surface area contributed by atoms with Crippen LogP contribution in [0.1, 0.15) is 36.8 Å². The number of unbranched alkanes of at least 4 members (excludes halogenated alkanes) is 3. The number of rotatable bonds is 9. The lowest BCUT2D eigenvalue weighted by Crippen LogP contribution is -1.86. The van der Waals surface area contributed by atoms with E-state index >= 15 is 0 Å². The molecule has 0 aliphatic rings. The molecular weight excluding hydrogens is 300 g/mol. The first-order chi connectivity index (χ1) is 11.8. The van der Waals surface area contributed by atoms with Crippen molar-refractivity contribution in [3.8, 4) is 11.5 Å². The van der Waals surface area contributed by atoms with Gasteiger partial charge in [-0.2, -0.15) is 0 Å². The summed E-state index contributed by atoms with van der Waals surface area (Å²) in [7, 11) is 0. The van der Waals surface area contributed by atoms with Crippen LogP contribution in [-0.2, 0) is 13.1 Å². The van der Waals surface area contributed by atoms with E-state index in [0.717, 1.165) is 36.8 Å². The zero-order chi connectivity index (χ0) is 17.0. The predicted octanol–water partition coefficient (Wildman–Crippen LogP) is 4.50. The molecule has 0 heterocycles. The van der Waals surface area contributed by atoms with E-state index in [9.17, 15) is 10.2 Å². The molecule has 126 valence electrons. The molecule has 2 N–H and O–H groups in total. The third-order valence-corrected chi connectivity index (χ3v) is 3.68. The highest BCUT2D eigenvalue weighted by Gasteiger charge is 1.97. The molecule has 0 spiro atoms. The number of benzene rings is 2. The fraction of sp³-hybridized carbons (Fsp3) is 0.300. The highest BCUT2D eigenvalue weighted by atomic mass is 16.3. The van der Waals surface area contributed by atoms with E-state index < -0.39 is 0 Å². The van der Waals surface area contributed by atoms with Gasteiger partial charge >= 0.3 is 0 Å². The molecule has 0 atom stereocenters. The lowest BCUT2D eigenvalue weighted by molar-refractivity contribution is 0.468. The SMILES string of the molecule is Oc1ccccc1CN=CCCCCC=NCc1ccccc1O. The van der Waals surface area contributed by atoms with Crippen LogP contribution in [0.3, 0.4) is 0 Å². The quantitative estimate of drug-likeness (QED) is 0.527. The number of aromatic hydroxyl groups is 2. The summed E-state index contributed by atoms with van der Waals surface area (Å²) in [6.45, 7) is 1.05. The highest BCUT2D eigenvalue weighted by Crippen LogP contribution is 2.17. The summed E-state index contributed by atoms with van der Waals surface area (Å²) >= 11 is 0. The Hall–Kier alpha value is -2.62. The molecule has 4 heteroatoms.